The molecule has 0 radical (unpaired) electrons. The first kappa shape index (κ1) is 15.0. The molecule has 0 spiro atoms. The zero-order valence-corrected chi connectivity index (χ0v) is 12.7. The zero-order valence-electron chi connectivity index (χ0n) is 12.7. The molecule has 23 heavy (non-hydrogen) atoms. The molecule has 0 unspecified atom stereocenters. The molecule has 0 bridgehead atoms. The van der Waals surface area contributed by atoms with Gasteiger partial charge in [0.15, 0.2) is 0 Å². The van der Waals surface area contributed by atoms with Crippen molar-refractivity contribution in [1.82, 2.24) is 20.5 Å². The van der Waals surface area contributed by atoms with E-state index < -0.39 is 0 Å². The van der Waals surface area contributed by atoms with Crippen molar-refractivity contribution in [1.29, 1.82) is 0 Å². The van der Waals surface area contributed by atoms with Gasteiger partial charge in [0, 0.05) is 24.0 Å². The van der Waals surface area contributed by atoms with Gasteiger partial charge in [-0.25, -0.2) is 0 Å². The predicted octanol–water partition coefficient (Wildman–Crippen LogP) is 2.83. The molecule has 5 heteroatoms. The lowest BCUT2D eigenvalue weighted by molar-refractivity contribution is 0.0954. The third-order valence-corrected chi connectivity index (χ3v) is 3.57. The van der Waals surface area contributed by atoms with Crippen molar-refractivity contribution in [2.75, 3.05) is 6.54 Å². The molecule has 1 amide bonds. The van der Waals surface area contributed by atoms with E-state index in [4.69, 9.17) is 0 Å². The van der Waals surface area contributed by atoms with E-state index >= 15 is 0 Å². The lowest BCUT2D eigenvalue weighted by Gasteiger charge is -2.06. The van der Waals surface area contributed by atoms with Crippen LogP contribution in [0.15, 0.2) is 60.9 Å². The van der Waals surface area contributed by atoms with E-state index in [1.807, 2.05) is 48.5 Å². The standard InChI is InChI=1S/C18H18N4O/c23-18(20-12-6-10-15-9-4-5-11-19-15)16-13-21-22-17(16)14-7-2-1-3-8-14/h1-5,7-9,11,13H,6,10,12H2,(H,20,23)(H,21,22). The fraction of sp³-hybridized carbons (Fsp3) is 0.167. The highest BCUT2D eigenvalue weighted by Crippen LogP contribution is 2.20. The maximum Gasteiger partial charge on any atom is 0.255 e. The van der Waals surface area contributed by atoms with Gasteiger partial charge in [0.1, 0.15) is 0 Å². The highest BCUT2D eigenvalue weighted by atomic mass is 16.1. The molecule has 3 rings (SSSR count). The molecule has 2 N–H and O–H groups in total. The summed E-state index contributed by atoms with van der Waals surface area (Å²) >= 11 is 0. The molecule has 0 aliphatic rings. The van der Waals surface area contributed by atoms with Crippen LogP contribution >= 0.6 is 0 Å². The molecule has 2 aromatic heterocycles. The van der Waals surface area contributed by atoms with Gasteiger partial charge >= 0.3 is 0 Å². The SMILES string of the molecule is O=C(NCCCc1ccccn1)c1cn[nH]c1-c1ccccc1. The largest absolute Gasteiger partial charge is 0.352 e. The molecule has 3 aromatic rings. The molecule has 5 nitrogen and oxygen atoms in total. The molecule has 0 saturated heterocycles. The first-order valence-corrected chi connectivity index (χ1v) is 7.61. The first-order valence-electron chi connectivity index (χ1n) is 7.61. The van der Waals surface area contributed by atoms with Gasteiger partial charge in [-0.05, 0) is 25.0 Å². The molecular formula is C18H18N4O. The maximum absolute atomic E-state index is 12.3. The number of hydrogen-bond donors (Lipinski definition) is 2. The second-order valence-electron chi connectivity index (χ2n) is 5.21. The van der Waals surface area contributed by atoms with Crippen molar-refractivity contribution in [3.8, 4) is 11.3 Å². The van der Waals surface area contributed by atoms with Crippen LogP contribution in [0.4, 0.5) is 0 Å². The van der Waals surface area contributed by atoms with Crippen molar-refractivity contribution < 1.29 is 4.79 Å². The number of carbonyl (C=O) groups is 1. The van der Waals surface area contributed by atoms with Gasteiger partial charge in [0.25, 0.3) is 5.91 Å². The molecule has 0 aliphatic heterocycles. The number of benzene rings is 1. The summed E-state index contributed by atoms with van der Waals surface area (Å²) in [6.07, 6.45) is 5.04. The number of nitrogens with one attached hydrogen (secondary N) is 2. The molecule has 0 saturated carbocycles. The van der Waals surface area contributed by atoms with Crippen molar-refractivity contribution in [3.05, 3.63) is 72.2 Å². The Labute approximate surface area is 134 Å². The molecular weight excluding hydrogens is 288 g/mol. The van der Waals surface area contributed by atoms with Crippen molar-refractivity contribution in [3.63, 3.8) is 0 Å². The molecule has 0 atom stereocenters. The monoisotopic (exact) mass is 306 g/mol. The average Bonchev–Trinajstić information content (AvgIpc) is 3.10. The van der Waals surface area contributed by atoms with Crippen LogP contribution in [0, 0.1) is 0 Å². The van der Waals surface area contributed by atoms with E-state index in [9.17, 15) is 4.79 Å². The van der Waals surface area contributed by atoms with Crippen LogP contribution in [-0.4, -0.2) is 27.6 Å². The molecule has 0 aliphatic carbocycles. The van der Waals surface area contributed by atoms with E-state index in [2.05, 4.69) is 20.5 Å². The third kappa shape index (κ3) is 3.83. The van der Waals surface area contributed by atoms with Crippen LogP contribution in [0.25, 0.3) is 11.3 Å². The number of H-pyrrole nitrogens is 1. The highest BCUT2D eigenvalue weighted by molar-refractivity contribution is 5.99. The van der Waals surface area contributed by atoms with Gasteiger partial charge in [-0.2, -0.15) is 5.10 Å². The molecule has 2 heterocycles. The van der Waals surface area contributed by atoms with E-state index in [0.29, 0.717) is 12.1 Å². The Morgan fingerprint density at radius 3 is 2.70 bits per heavy atom. The summed E-state index contributed by atoms with van der Waals surface area (Å²) in [6.45, 7) is 0.606. The van der Waals surface area contributed by atoms with Crippen molar-refractivity contribution in [2.24, 2.45) is 0 Å². The number of nitrogens with zero attached hydrogens (tertiary/aromatic N) is 2. The Balaban J connectivity index is 1.56. The number of pyridine rings is 1. The number of carbonyl (C=O) groups excluding carboxylic acids is 1. The number of aromatic amines is 1. The minimum atomic E-state index is -0.112. The first-order chi connectivity index (χ1) is 11.3. The van der Waals surface area contributed by atoms with E-state index in [-0.39, 0.29) is 5.91 Å². The second kappa shape index (κ2) is 7.35. The van der Waals surface area contributed by atoms with Gasteiger partial charge in [-0.1, -0.05) is 36.4 Å². The molecule has 1 aromatic carbocycles. The van der Waals surface area contributed by atoms with E-state index in [0.717, 1.165) is 29.8 Å². The fourth-order valence-corrected chi connectivity index (χ4v) is 2.40. The van der Waals surface area contributed by atoms with Crippen LogP contribution in [0.2, 0.25) is 0 Å². The smallest absolute Gasteiger partial charge is 0.255 e. The number of hydrogen-bond acceptors (Lipinski definition) is 3. The topological polar surface area (TPSA) is 70.7 Å². The zero-order chi connectivity index (χ0) is 15.9. The van der Waals surface area contributed by atoms with Gasteiger partial charge in [0.2, 0.25) is 0 Å². The Kier molecular flexibility index (Phi) is 4.79. The van der Waals surface area contributed by atoms with Crippen molar-refractivity contribution in [2.45, 2.75) is 12.8 Å². The number of rotatable bonds is 6. The maximum atomic E-state index is 12.3. The minimum Gasteiger partial charge on any atom is -0.352 e. The minimum absolute atomic E-state index is 0.112. The van der Waals surface area contributed by atoms with Gasteiger partial charge < -0.3 is 5.32 Å². The number of amides is 1. The quantitative estimate of drug-likeness (QED) is 0.688. The van der Waals surface area contributed by atoms with E-state index in [1.165, 1.54) is 0 Å². The summed E-state index contributed by atoms with van der Waals surface area (Å²) in [5.41, 5.74) is 3.29. The fourth-order valence-electron chi connectivity index (χ4n) is 2.40. The molecule has 116 valence electrons. The van der Waals surface area contributed by atoms with Gasteiger partial charge in [-0.15, -0.1) is 0 Å². The average molecular weight is 306 g/mol. The van der Waals surface area contributed by atoms with Gasteiger partial charge in [-0.3, -0.25) is 14.9 Å². The van der Waals surface area contributed by atoms with Crippen molar-refractivity contribution >= 4 is 5.91 Å². The van der Waals surface area contributed by atoms with Crippen LogP contribution in [0.1, 0.15) is 22.5 Å². The normalized spacial score (nSPS) is 10.4. The van der Waals surface area contributed by atoms with E-state index in [1.54, 1.807) is 12.4 Å². The van der Waals surface area contributed by atoms with Gasteiger partial charge in [0.05, 0.1) is 17.5 Å². The van der Waals surface area contributed by atoms with Crippen LogP contribution in [0.3, 0.4) is 0 Å². The Bertz CT molecular complexity index is 753. The summed E-state index contributed by atoms with van der Waals surface area (Å²) < 4.78 is 0. The summed E-state index contributed by atoms with van der Waals surface area (Å²) in [5, 5.41) is 9.84. The lowest BCUT2D eigenvalue weighted by Crippen LogP contribution is -2.25. The summed E-state index contributed by atoms with van der Waals surface area (Å²) in [7, 11) is 0. The summed E-state index contributed by atoms with van der Waals surface area (Å²) in [6, 6.07) is 15.6. The van der Waals surface area contributed by atoms with Crippen LogP contribution in [0.5, 0.6) is 0 Å². The number of aryl methyl sites for hydroxylation is 1. The highest BCUT2D eigenvalue weighted by Gasteiger charge is 2.14. The van der Waals surface area contributed by atoms with Crippen LogP contribution < -0.4 is 5.32 Å². The Hall–Kier alpha value is -2.95. The number of aromatic nitrogens is 3. The third-order valence-electron chi connectivity index (χ3n) is 3.57. The summed E-state index contributed by atoms with van der Waals surface area (Å²) in [4.78, 5) is 16.6. The Morgan fingerprint density at radius 2 is 1.91 bits per heavy atom. The lowest BCUT2D eigenvalue weighted by atomic mass is 10.1. The molecule has 0 fully saturated rings. The summed E-state index contributed by atoms with van der Waals surface area (Å²) in [5.74, 6) is -0.112. The Morgan fingerprint density at radius 1 is 1.09 bits per heavy atom. The second-order valence-corrected chi connectivity index (χ2v) is 5.21. The van der Waals surface area contributed by atoms with Crippen LogP contribution in [-0.2, 0) is 6.42 Å². The predicted molar refractivity (Wildman–Crippen MR) is 88.9 cm³/mol.